The minimum atomic E-state index is -0.0582. The first-order chi connectivity index (χ1) is 10.3. The largest absolute Gasteiger partial charge is 0.496 e. The Bertz CT molecular complexity index is 594. The van der Waals surface area contributed by atoms with Gasteiger partial charge in [-0.2, -0.15) is 0 Å². The maximum atomic E-state index is 10.9. The first kappa shape index (κ1) is 17.7. The van der Waals surface area contributed by atoms with Crippen molar-refractivity contribution < 1.29 is 19.1 Å². The van der Waals surface area contributed by atoms with E-state index in [9.17, 15) is 9.59 Å². The van der Waals surface area contributed by atoms with Gasteiger partial charge in [-0.15, -0.1) is 0 Å². The Balaban J connectivity index is 0.000000224. The second kappa shape index (κ2) is 7.59. The predicted molar refractivity (Wildman–Crippen MR) is 86.5 cm³/mol. The molecule has 0 saturated carbocycles. The van der Waals surface area contributed by atoms with Gasteiger partial charge in [0.1, 0.15) is 11.5 Å². The third-order valence-electron chi connectivity index (χ3n) is 3.38. The van der Waals surface area contributed by atoms with Crippen LogP contribution in [-0.2, 0) is 9.59 Å². The molecule has 0 unspecified atom stereocenters. The first-order valence-electron chi connectivity index (χ1n) is 6.94. The number of carbonyl (C=O) groups excluding carboxylic acids is 2. The van der Waals surface area contributed by atoms with Crippen LogP contribution >= 0.6 is 0 Å². The number of benzene rings is 1. The van der Waals surface area contributed by atoms with Crippen LogP contribution in [0.3, 0.4) is 0 Å². The van der Waals surface area contributed by atoms with E-state index in [1.165, 1.54) is 12.2 Å². The molecule has 4 heteroatoms. The maximum Gasteiger partial charge on any atom is 0.182 e. The van der Waals surface area contributed by atoms with Crippen LogP contribution in [0.25, 0.3) is 0 Å². The van der Waals surface area contributed by atoms with Crippen LogP contribution in [0, 0.1) is 13.8 Å². The molecule has 0 radical (unpaired) electrons. The Hall–Kier alpha value is -2.36. The summed E-state index contributed by atoms with van der Waals surface area (Å²) < 4.78 is 10.3. The van der Waals surface area contributed by atoms with Gasteiger partial charge in [0.2, 0.25) is 0 Å². The number of aryl methyl sites for hydroxylation is 2. The second-order valence-corrected chi connectivity index (χ2v) is 5.17. The zero-order valence-electron chi connectivity index (χ0n) is 13.9. The quantitative estimate of drug-likeness (QED) is 0.786. The molecular weight excluding hydrogens is 280 g/mol. The van der Waals surface area contributed by atoms with E-state index in [1.807, 2.05) is 26.0 Å². The zero-order chi connectivity index (χ0) is 16.9. The Morgan fingerprint density at radius 3 is 1.27 bits per heavy atom. The second-order valence-electron chi connectivity index (χ2n) is 5.17. The van der Waals surface area contributed by atoms with Crippen LogP contribution in [0.5, 0.6) is 11.5 Å². The Labute approximate surface area is 131 Å². The van der Waals surface area contributed by atoms with Crippen LogP contribution in [-0.4, -0.2) is 25.8 Å². The van der Waals surface area contributed by atoms with Crippen LogP contribution in [0.1, 0.15) is 25.0 Å². The topological polar surface area (TPSA) is 52.6 Å². The van der Waals surface area contributed by atoms with Crippen LogP contribution in [0.15, 0.2) is 35.4 Å². The lowest BCUT2D eigenvalue weighted by atomic mass is 10.00. The number of allylic oxidation sites excluding steroid dienone is 4. The summed E-state index contributed by atoms with van der Waals surface area (Å²) in [7, 11) is 3.35. The molecule has 1 aliphatic rings. The third-order valence-corrected chi connectivity index (χ3v) is 3.38. The van der Waals surface area contributed by atoms with Gasteiger partial charge in [0, 0.05) is 11.1 Å². The molecule has 0 N–H and O–H groups in total. The van der Waals surface area contributed by atoms with E-state index in [0.29, 0.717) is 11.1 Å². The van der Waals surface area contributed by atoms with Gasteiger partial charge in [0.15, 0.2) is 11.6 Å². The van der Waals surface area contributed by atoms with Crippen molar-refractivity contribution in [2.24, 2.45) is 0 Å². The van der Waals surface area contributed by atoms with Gasteiger partial charge in [-0.25, -0.2) is 0 Å². The molecule has 0 aromatic heterocycles. The predicted octanol–water partition coefficient (Wildman–Crippen LogP) is 3.35. The molecule has 1 aromatic rings. The highest BCUT2D eigenvalue weighted by Gasteiger charge is 2.12. The molecule has 0 fully saturated rings. The van der Waals surface area contributed by atoms with E-state index in [2.05, 4.69) is 0 Å². The fourth-order valence-electron chi connectivity index (χ4n) is 1.97. The van der Waals surface area contributed by atoms with Crippen molar-refractivity contribution in [2.45, 2.75) is 27.7 Å². The molecule has 0 atom stereocenters. The number of ether oxygens (including phenoxy) is 2. The molecule has 4 nitrogen and oxygen atoms in total. The van der Waals surface area contributed by atoms with Crippen molar-refractivity contribution in [2.75, 3.05) is 14.2 Å². The summed E-state index contributed by atoms with van der Waals surface area (Å²) in [6, 6.07) is 3.96. The summed E-state index contributed by atoms with van der Waals surface area (Å²) >= 11 is 0. The van der Waals surface area contributed by atoms with Crippen LogP contribution in [0.4, 0.5) is 0 Å². The highest BCUT2D eigenvalue weighted by Crippen LogP contribution is 2.26. The first-order valence-corrected chi connectivity index (χ1v) is 6.94. The van der Waals surface area contributed by atoms with Gasteiger partial charge < -0.3 is 9.47 Å². The summed E-state index contributed by atoms with van der Waals surface area (Å²) in [4.78, 5) is 21.7. The van der Waals surface area contributed by atoms with Gasteiger partial charge >= 0.3 is 0 Å². The van der Waals surface area contributed by atoms with Gasteiger partial charge in [-0.1, -0.05) is 0 Å². The normalized spacial score (nSPS) is 13.7. The van der Waals surface area contributed by atoms with E-state index in [0.717, 1.165) is 22.6 Å². The summed E-state index contributed by atoms with van der Waals surface area (Å²) in [6.07, 6.45) is 2.75. The summed E-state index contributed by atoms with van der Waals surface area (Å²) in [6.45, 7) is 7.29. The number of hydrogen-bond donors (Lipinski definition) is 0. The lowest BCUT2D eigenvalue weighted by Gasteiger charge is -2.09. The number of rotatable bonds is 2. The van der Waals surface area contributed by atoms with E-state index >= 15 is 0 Å². The molecule has 0 heterocycles. The molecule has 2 rings (SSSR count). The third kappa shape index (κ3) is 4.32. The van der Waals surface area contributed by atoms with Crippen molar-refractivity contribution in [3.63, 3.8) is 0 Å². The monoisotopic (exact) mass is 302 g/mol. The Kier molecular flexibility index (Phi) is 6.11. The van der Waals surface area contributed by atoms with E-state index in [4.69, 9.17) is 9.47 Å². The highest BCUT2D eigenvalue weighted by atomic mass is 16.5. The molecule has 0 bridgehead atoms. The van der Waals surface area contributed by atoms with Gasteiger partial charge in [-0.3, -0.25) is 9.59 Å². The fourth-order valence-corrected chi connectivity index (χ4v) is 1.97. The van der Waals surface area contributed by atoms with E-state index in [1.54, 1.807) is 28.1 Å². The standard InChI is InChI=1S/C10H14O2.C8H8O2/c1-7-5-10(12-4)8(2)6-9(7)11-3;1-5-3-8(10)6(2)4-7(5)9/h5-6H,1-4H3;3-4H,1-2H3. The average Bonchev–Trinajstić information content (AvgIpc) is 2.48. The van der Waals surface area contributed by atoms with Crippen LogP contribution < -0.4 is 9.47 Å². The van der Waals surface area contributed by atoms with Crippen LogP contribution in [0.2, 0.25) is 0 Å². The Morgan fingerprint density at radius 1 is 0.682 bits per heavy atom. The van der Waals surface area contributed by atoms with E-state index < -0.39 is 0 Å². The summed E-state index contributed by atoms with van der Waals surface area (Å²) in [5.74, 6) is 1.70. The molecule has 22 heavy (non-hydrogen) atoms. The van der Waals surface area contributed by atoms with Gasteiger partial charge in [-0.05, 0) is 63.1 Å². The smallest absolute Gasteiger partial charge is 0.182 e. The van der Waals surface area contributed by atoms with Crippen molar-refractivity contribution in [3.05, 3.63) is 46.6 Å². The fraction of sp³-hybridized carbons (Fsp3) is 0.333. The van der Waals surface area contributed by atoms with Gasteiger partial charge in [0.25, 0.3) is 0 Å². The molecule has 1 aromatic carbocycles. The molecule has 0 spiro atoms. The average molecular weight is 302 g/mol. The number of methoxy groups -OCH3 is 2. The lowest BCUT2D eigenvalue weighted by molar-refractivity contribution is -0.115. The maximum absolute atomic E-state index is 10.9. The molecule has 1 aliphatic carbocycles. The number of carbonyl (C=O) groups is 2. The van der Waals surface area contributed by atoms with Crippen molar-refractivity contribution >= 4 is 11.6 Å². The SMILES string of the molecule is CC1=CC(=O)C(C)=CC1=O.COc1cc(C)c(OC)cc1C. The van der Waals surface area contributed by atoms with Crippen molar-refractivity contribution in [1.82, 2.24) is 0 Å². The number of ketones is 2. The molecule has 0 aliphatic heterocycles. The summed E-state index contributed by atoms with van der Waals surface area (Å²) in [5.41, 5.74) is 3.24. The lowest BCUT2D eigenvalue weighted by Crippen LogP contribution is -2.08. The number of hydrogen-bond acceptors (Lipinski definition) is 4. The minimum absolute atomic E-state index is 0.0582. The zero-order valence-corrected chi connectivity index (χ0v) is 13.9. The minimum Gasteiger partial charge on any atom is -0.496 e. The van der Waals surface area contributed by atoms with Crippen molar-refractivity contribution in [1.29, 1.82) is 0 Å². The molecule has 0 amide bonds. The van der Waals surface area contributed by atoms with Gasteiger partial charge in [0.05, 0.1) is 14.2 Å². The molecular formula is C18H22O4. The van der Waals surface area contributed by atoms with E-state index in [-0.39, 0.29) is 11.6 Å². The molecule has 118 valence electrons. The van der Waals surface area contributed by atoms with Crippen molar-refractivity contribution in [3.8, 4) is 11.5 Å². The Morgan fingerprint density at radius 2 is 1.00 bits per heavy atom. The highest BCUT2D eigenvalue weighted by molar-refractivity contribution is 6.19. The molecule has 0 saturated heterocycles. The summed E-state index contributed by atoms with van der Waals surface area (Å²) in [5, 5.41) is 0.